The number of nitrogens with two attached hydrogens (primary N) is 1. The minimum absolute atomic E-state index is 0.0102. The van der Waals surface area contributed by atoms with Crippen LogP contribution in [0.15, 0.2) is 36.4 Å². The minimum Gasteiger partial charge on any atom is -0.344 e. The van der Waals surface area contributed by atoms with E-state index in [0.717, 1.165) is 29.8 Å². The molecule has 1 aromatic heterocycles. The molecule has 0 spiro atoms. The molecule has 1 amide bonds. The van der Waals surface area contributed by atoms with Crippen molar-refractivity contribution in [3.8, 4) is 11.3 Å². The van der Waals surface area contributed by atoms with Crippen LogP contribution in [0.4, 0.5) is 0 Å². The van der Waals surface area contributed by atoms with Crippen molar-refractivity contribution in [2.75, 3.05) is 13.6 Å². The Hall–Kier alpha value is -2.14. The monoisotopic (exact) mass is 328 g/mol. The second kappa shape index (κ2) is 8.11. The fourth-order valence-corrected chi connectivity index (χ4v) is 2.68. The highest BCUT2D eigenvalue weighted by Crippen LogP contribution is 2.20. The van der Waals surface area contributed by atoms with Gasteiger partial charge < -0.3 is 10.6 Å². The van der Waals surface area contributed by atoms with Crippen LogP contribution in [0.1, 0.15) is 26.0 Å². The predicted molar refractivity (Wildman–Crippen MR) is 97.4 cm³/mol. The number of benzene rings is 1. The molecule has 0 fully saturated rings. The summed E-state index contributed by atoms with van der Waals surface area (Å²) in [6.07, 6.45) is 1.72. The molecule has 130 valence electrons. The van der Waals surface area contributed by atoms with Gasteiger partial charge in [0, 0.05) is 20.6 Å². The zero-order valence-electron chi connectivity index (χ0n) is 15.1. The third-order valence-corrected chi connectivity index (χ3v) is 4.31. The first kappa shape index (κ1) is 18.2. The fraction of sp³-hybridized carbons (Fsp3) is 0.474. The molecule has 2 rings (SSSR count). The number of hydrogen-bond acceptors (Lipinski definition) is 3. The normalized spacial score (nSPS) is 12.4. The van der Waals surface area contributed by atoms with Crippen molar-refractivity contribution in [1.29, 1.82) is 0 Å². The molecule has 0 aliphatic carbocycles. The largest absolute Gasteiger partial charge is 0.344 e. The standard InChI is InChI=1S/C19H28N4O/c1-14(2)18(20)19(24)22(3)12-8-11-16-13-17(23(4)21-16)15-9-6-5-7-10-15/h5-7,9-10,13-14,18H,8,11-12,20H2,1-4H3/t18-/m0/s1. The molecule has 0 unspecified atom stereocenters. The summed E-state index contributed by atoms with van der Waals surface area (Å²) in [6.45, 7) is 4.63. The Kier molecular flexibility index (Phi) is 6.15. The summed E-state index contributed by atoms with van der Waals surface area (Å²) in [5.41, 5.74) is 9.24. The topological polar surface area (TPSA) is 64.2 Å². The van der Waals surface area contributed by atoms with Crippen LogP contribution in [0.25, 0.3) is 11.3 Å². The molecule has 0 bridgehead atoms. The molecular formula is C19H28N4O. The lowest BCUT2D eigenvalue weighted by Gasteiger charge is -2.23. The highest BCUT2D eigenvalue weighted by Gasteiger charge is 2.20. The Morgan fingerprint density at radius 1 is 1.29 bits per heavy atom. The Morgan fingerprint density at radius 2 is 1.96 bits per heavy atom. The van der Waals surface area contributed by atoms with Gasteiger partial charge in [0.05, 0.1) is 17.4 Å². The van der Waals surface area contributed by atoms with Gasteiger partial charge in [0.2, 0.25) is 5.91 Å². The molecule has 0 saturated heterocycles. The van der Waals surface area contributed by atoms with E-state index in [4.69, 9.17) is 5.73 Å². The lowest BCUT2D eigenvalue weighted by molar-refractivity contribution is -0.132. The van der Waals surface area contributed by atoms with Crippen LogP contribution >= 0.6 is 0 Å². The van der Waals surface area contributed by atoms with Crippen LogP contribution < -0.4 is 5.73 Å². The van der Waals surface area contributed by atoms with Crippen molar-refractivity contribution in [2.24, 2.45) is 18.7 Å². The molecule has 1 aromatic carbocycles. The lowest BCUT2D eigenvalue weighted by Crippen LogP contribution is -2.45. The highest BCUT2D eigenvalue weighted by atomic mass is 16.2. The molecule has 1 atom stereocenters. The number of nitrogens with zero attached hydrogens (tertiary/aromatic N) is 3. The second-order valence-corrected chi connectivity index (χ2v) is 6.64. The first-order chi connectivity index (χ1) is 11.4. The molecule has 0 aliphatic heterocycles. The number of rotatable bonds is 7. The van der Waals surface area contributed by atoms with Crippen LogP contribution in [-0.2, 0) is 18.3 Å². The summed E-state index contributed by atoms with van der Waals surface area (Å²) >= 11 is 0. The van der Waals surface area contributed by atoms with E-state index in [1.807, 2.05) is 50.8 Å². The number of aromatic nitrogens is 2. The molecule has 0 radical (unpaired) electrons. The van der Waals surface area contributed by atoms with E-state index in [-0.39, 0.29) is 11.8 Å². The number of hydrogen-bond donors (Lipinski definition) is 1. The zero-order chi connectivity index (χ0) is 17.7. The van der Waals surface area contributed by atoms with Crippen molar-refractivity contribution in [3.05, 3.63) is 42.1 Å². The molecule has 0 aliphatic rings. The lowest BCUT2D eigenvalue weighted by atomic mass is 10.0. The van der Waals surface area contributed by atoms with E-state index in [1.165, 1.54) is 0 Å². The molecule has 2 aromatic rings. The number of likely N-dealkylation sites (N-methyl/N-ethyl adjacent to an activating group) is 1. The first-order valence-electron chi connectivity index (χ1n) is 8.49. The van der Waals surface area contributed by atoms with Gasteiger partial charge in [-0.05, 0) is 30.4 Å². The third kappa shape index (κ3) is 4.45. The fourth-order valence-electron chi connectivity index (χ4n) is 2.68. The molecule has 5 nitrogen and oxygen atoms in total. The van der Waals surface area contributed by atoms with Crippen molar-refractivity contribution in [3.63, 3.8) is 0 Å². The highest BCUT2D eigenvalue weighted by molar-refractivity contribution is 5.81. The average molecular weight is 328 g/mol. The molecule has 0 saturated carbocycles. The minimum atomic E-state index is -0.422. The van der Waals surface area contributed by atoms with Gasteiger partial charge in [0.15, 0.2) is 0 Å². The molecular weight excluding hydrogens is 300 g/mol. The summed E-state index contributed by atoms with van der Waals surface area (Å²) in [6, 6.07) is 11.9. The molecule has 2 N–H and O–H groups in total. The van der Waals surface area contributed by atoms with Crippen LogP contribution in [-0.4, -0.2) is 40.2 Å². The Balaban J connectivity index is 1.91. The van der Waals surface area contributed by atoms with E-state index in [0.29, 0.717) is 6.54 Å². The van der Waals surface area contributed by atoms with Crippen LogP contribution in [0.3, 0.4) is 0 Å². The van der Waals surface area contributed by atoms with E-state index in [2.05, 4.69) is 23.3 Å². The Labute approximate surface area is 144 Å². The summed E-state index contributed by atoms with van der Waals surface area (Å²) < 4.78 is 1.91. The van der Waals surface area contributed by atoms with E-state index >= 15 is 0 Å². The smallest absolute Gasteiger partial charge is 0.239 e. The van der Waals surface area contributed by atoms with E-state index in [9.17, 15) is 4.79 Å². The maximum absolute atomic E-state index is 12.2. The van der Waals surface area contributed by atoms with Crippen LogP contribution in [0.5, 0.6) is 0 Å². The number of amides is 1. The van der Waals surface area contributed by atoms with Gasteiger partial charge in [0.25, 0.3) is 0 Å². The van der Waals surface area contributed by atoms with E-state index in [1.54, 1.807) is 4.90 Å². The van der Waals surface area contributed by atoms with Crippen molar-refractivity contribution >= 4 is 5.91 Å². The van der Waals surface area contributed by atoms with Gasteiger partial charge in [0.1, 0.15) is 0 Å². The molecule has 5 heteroatoms. The summed E-state index contributed by atoms with van der Waals surface area (Å²) in [4.78, 5) is 13.9. The van der Waals surface area contributed by atoms with Gasteiger partial charge in [-0.3, -0.25) is 9.48 Å². The molecule has 24 heavy (non-hydrogen) atoms. The van der Waals surface area contributed by atoms with Crippen molar-refractivity contribution in [1.82, 2.24) is 14.7 Å². The van der Waals surface area contributed by atoms with Crippen molar-refractivity contribution in [2.45, 2.75) is 32.7 Å². The Bertz CT molecular complexity index is 663. The quantitative estimate of drug-likeness (QED) is 0.849. The van der Waals surface area contributed by atoms with Crippen LogP contribution in [0, 0.1) is 5.92 Å². The summed E-state index contributed by atoms with van der Waals surface area (Å²) in [5.74, 6) is 0.167. The zero-order valence-corrected chi connectivity index (χ0v) is 15.1. The number of carbonyl (C=O) groups is 1. The molecule has 1 heterocycles. The maximum atomic E-state index is 12.2. The third-order valence-electron chi connectivity index (χ3n) is 4.31. The van der Waals surface area contributed by atoms with Gasteiger partial charge in [-0.1, -0.05) is 44.2 Å². The number of aryl methyl sites for hydroxylation is 2. The summed E-state index contributed by atoms with van der Waals surface area (Å²) in [5, 5.41) is 4.58. The van der Waals surface area contributed by atoms with Crippen LogP contribution in [0.2, 0.25) is 0 Å². The van der Waals surface area contributed by atoms with Gasteiger partial charge in [-0.15, -0.1) is 0 Å². The predicted octanol–water partition coefficient (Wildman–Crippen LogP) is 2.46. The number of carbonyl (C=O) groups excluding carboxylic acids is 1. The van der Waals surface area contributed by atoms with E-state index < -0.39 is 6.04 Å². The van der Waals surface area contributed by atoms with Crippen molar-refractivity contribution < 1.29 is 4.79 Å². The maximum Gasteiger partial charge on any atom is 0.239 e. The first-order valence-corrected chi connectivity index (χ1v) is 8.49. The summed E-state index contributed by atoms with van der Waals surface area (Å²) in [7, 11) is 3.78. The van der Waals surface area contributed by atoms with Gasteiger partial charge in [-0.25, -0.2) is 0 Å². The second-order valence-electron chi connectivity index (χ2n) is 6.64. The average Bonchev–Trinajstić information content (AvgIpc) is 2.94. The van der Waals surface area contributed by atoms with Gasteiger partial charge in [-0.2, -0.15) is 5.10 Å². The SMILES string of the molecule is CC(C)[C@H](N)C(=O)N(C)CCCc1cc(-c2ccccc2)n(C)n1. The Morgan fingerprint density at radius 3 is 2.58 bits per heavy atom. The van der Waals surface area contributed by atoms with Gasteiger partial charge >= 0.3 is 0 Å².